The molecule has 80 valence electrons. The fourth-order valence-electron chi connectivity index (χ4n) is 1.10. The Bertz CT molecular complexity index is 145. The van der Waals surface area contributed by atoms with Gasteiger partial charge in [0, 0.05) is 12.6 Å². The van der Waals surface area contributed by atoms with Crippen LogP contribution in [-0.2, 0) is 0 Å². The minimum Gasteiger partial charge on any atom is -0.448 e. The van der Waals surface area contributed by atoms with Gasteiger partial charge in [0.1, 0.15) is 0 Å². The summed E-state index contributed by atoms with van der Waals surface area (Å²) in [4.78, 5) is 1.33. The minimum atomic E-state index is -4.75. The minimum absolute atomic E-state index is 0. The predicted octanol–water partition coefficient (Wildman–Crippen LogP) is -1.53. The molecule has 0 saturated carbocycles. The maximum absolute atomic E-state index is 12.1. The van der Waals surface area contributed by atoms with Crippen LogP contribution in [0, 0.1) is 0 Å². The van der Waals surface area contributed by atoms with Gasteiger partial charge in [-0.3, -0.25) is 0 Å². The van der Waals surface area contributed by atoms with Crippen LogP contribution in [0.1, 0.15) is 20.3 Å². The van der Waals surface area contributed by atoms with Gasteiger partial charge in [0.25, 0.3) is 0 Å². The molecule has 0 atom stereocenters. The maximum Gasteiger partial charge on any atom is 1.00 e. The number of halogens is 3. The van der Waals surface area contributed by atoms with Crippen LogP contribution in [0.4, 0.5) is 12.9 Å². The van der Waals surface area contributed by atoms with Crippen LogP contribution >= 0.6 is 0 Å². The van der Waals surface area contributed by atoms with Gasteiger partial charge in [0.2, 0.25) is 0 Å². The van der Waals surface area contributed by atoms with Crippen LogP contribution in [0.25, 0.3) is 0 Å². The first-order valence-electron chi connectivity index (χ1n) is 4.42. The van der Waals surface area contributed by atoms with Crippen molar-refractivity contribution in [3.8, 4) is 0 Å². The van der Waals surface area contributed by atoms with E-state index in [1.54, 1.807) is 13.8 Å². The molecule has 0 aliphatic carbocycles. The summed E-state index contributed by atoms with van der Waals surface area (Å²) in [5.41, 5.74) is 0. The Morgan fingerprint density at radius 3 is 2.07 bits per heavy atom. The molecule has 0 heterocycles. The topological polar surface area (TPSA) is 23.5 Å². The Hall–Kier alpha value is 1.41. The fourth-order valence-corrected chi connectivity index (χ4v) is 1.10. The number of nitrogens with zero attached hydrogens (tertiary/aromatic N) is 1. The van der Waals surface area contributed by atoms with E-state index in [0.29, 0.717) is 13.0 Å². The molecule has 0 rings (SSSR count). The molecule has 0 spiro atoms. The Morgan fingerprint density at radius 1 is 1.29 bits per heavy atom. The van der Waals surface area contributed by atoms with Crippen LogP contribution < -0.4 is 51.4 Å². The van der Waals surface area contributed by atoms with Gasteiger partial charge in [-0.15, -0.1) is 0 Å². The molecule has 14 heavy (non-hydrogen) atoms. The van der Waals surface area contributed by atoms with Crippen LogP contribution in [-0.4, -0.2) is 42.6 Å². The predicted molar refractivity (Wildman–Crippen MR) is 47.5 cm³/mol. The normalized spacial score (nSPS) is 12.0. The summed E-state index contributed by atoms with van der Waals surface area (Å²) in [6, 6.07) is -0.130. The van der Waals surface area contributed by atoms with Crippen LogP contribution in [0.15, 0.2) is 0 Å². The first-order valence-corrected chi connectivity index (χ1v) is 4.42. The van der Waals surface area contributed by atoms with Gasteiger partial charge in [-0.2, -0.15) is 0 Å². The third-order valence-corrected chi connectivity index (χ3v) is 1.78. The van der Waals surface area contributed by atoms with Gasteiger partial charge >= 0.3 is 58.4 Å². The number of aliphatic hydroxyl groups is 1. The smallest absolute Gasteiger partial charge is 0.448 e. The van der Waals surface area contributed by atoms with Crippen molar-refractivity contribution in [3.63, 3.8) is 0 Å². The molecule has 0 radical (unpaired) electrons. The van der Waals surface area contributed by atoms with Crippen molar-refractivity contribution in [2.24, 2.45) is 0 Å². The van der Waals surface area contributed by atoms with Gasteiger partial charge < -0.3 is 23.0 Å². The number of rotatable bonds is 6. The van der Waals surface area contributed by atoms with Gasteiger partial charge in [-0.1, -0.05) is 0 Å². The van der Waals surface area contributed by atoms with E-state index in [9.17, 15) is 12.9 Å². The van der Waals surface area contributed by atoms with E-state index >= 15 is 0 Å². The monoisotopic (exact) mass is 237 g/mol. The molecule has 0 saturated heterocycles. The van der Waals surface area contributed by atoms with Gasteiger partial charge in [0.05, 0.1) is 0 Å². The SMILES string of the molecule is CC(C)N(CCCO)C[B-](F)(F)F.[K+]. The third kappa shape index (κ3) is 9.95. The summed E-state index contributed by atoms with van der Waals surface area (Å²) in [6.07, 6.45) is -0.442. The quantitative estimate of drug-likeness (QED) is 0.566. The molecular weight excluding hydrogens is 221 g/mol. The van der Waals surface area contributed by atoms with E-state index in [1.807, 2.05) is 0 Å². The first-order chi connectivity index (χ1) is 5.87. The van der Waals surface area contributed by atoms with Gasteiger partial charge in [-0.05, 0) is 33.3 Å². The number of hydrogen-bond donors (Lipinski definition) is 1. The summed E-state index contributed by atoms with van der Waals surface area (Å²) in [5.74, 6) is 0. The Morgan fingerprint density at radius 2 is 1.79 bits per heavy atom. The molecule has 0 aromatic heterocycles. The molecule has 7 heteroatoms. The second-order valence-electron chi connectivity index (χ2n) is 3.38. The number of aliphatic hydroxyl groups excluding tert-OH is 1. The maximum atomic E-state index is 12.1. The van der Waals surface area contributed by atoms with E-state index in [0.717, 1.165) is 0 Å². The van der Waals surface area contributed by atoms with E-state index in [1.165, 1.54) is 4.90 Å². The molecule has 0 aliphatic heterocycles. The molecule has 0 aliphatic rings. The molecule has 0 aromatic carbocycles. The second kappa shape index (κ2) is 8.55. The van der Waals surface area contributed by atoms with Crippen molar-refractivity contribution < 1.29 is 69.4 Å². The zero-order chi connectivity index (χ0) is 10.5. The van der Waals surface area contributed by atoms with Crippen molar-refractivity contribution in [2.45, 2.75) is 26.3 Å². The van der Waals surface area contributed by atoms with Crippen LogP contribution in [0.3, 0.4) is 0 Å². The molecule has 0 bridgehead atoms. The molecular formula is C7H16BF3KNO. The van der Waals surface area contributed by atoms with Crippen molar-refractivity contribution in [1.82, 2.24) is 4.90 Å². The van der Waals surface area contributed by atoms with E-state index in [4.69, 9.17) is 5.11 Å². The zero-order valence-electron chi connectivity index (χ0n) is 9.01. The van der Waals surface area contributed by atoms with Crippen molar-refractivity contribution in [3.05, 3.63) is 0 Å². The Balaban J connectivity index is 0. The van der Waals surface area contributed by atoms with Crippen LogP contribution in [0.5, 0.6) is 0 Å². The fraction of sp³-hybridized carbons (Fsp3) is 1.00. The largest absolute Gasteiger partial charge is 1.00 e. The van der Waals surface area contributed by atoms with Crippen molar-refractivity contribution >= 4 is 6.98 Å². The van der Waals surface area contributed by atoms with Crippen LogP contribution in [0.2, 0.25) is 0 Å². The van der Waals surface area contributed by atoms with E-state index in [-0.39, 0.29) is 64.0 Å². The standard InChI is InChI=1S/C7H16BF3NO.K/c1-7(2)12(4-3-5-13)6-8(9,10)11;/h7,13H,3-6H2,1-2H3;/q-1;+1. The average Bonchev–Trinajstić information content (AvgIpc) is 1.95. The Kier molecular flexibility index (Phi) is 10.9. The average molecular weight is 237 g/mol. The molecule has 2 nitrogen and oxygen atoms in total. The van der Waals surface area contributed by atoms with E-state index in [2.05, 4.69) is 0 Å². The summed E-state index contributed by atoms with van der Waals surface area (Å²) in [7, 11) is 0. The summed E-state index contributed by atoms with van der Waals surface area (Å²) in [5, 5.41) is 8.49. The van der Waals surface area contributed by atoms with Crippen molar-refractivity contribution in [2.75, 3.05) is 19.6 Å². The van der Waals surface area contributed by atoms with Crippen molar-refractivity contribution in [1.29, 1.82) is 0 Å². The van der Waals surface area contributed by atoms with E-state index < -0.39 is 13.4 Å². The second-order valence-corrected chi connectivity index (χ2v) is 3.38. The van der Waals surface area contributed by atoms with Gasteiger partial charge in [-0.25, -0.2) is 0 Å². The Labute approximate surface area is 126 Å². The molecule has 0 amide bonds. The molecule has 0 unspecified atom stereocenters. The van der Waals surface area contributed by atoms with Gasteiger partial charge in [0.15, 0.2) is 0 Å². The molecule has 1 N–H and O–H groups in total. The molecule has 0 fully saturated rings. The summed E-state index contributed by atoms with van der Waals surface area (Å²) < 4.78 is 36.2. The molecule has 0 aromatic rings. The number of hydrogen-bond acceptors (Lipinski definition) is 2. The zero-order valence-corrected chi connectivity index (χ0v) is 12.1. The summed E-state index contributed by atoms with van der Waals surface area (Å²) in [6.45, 7) is -1.07. The summed E-state index contributed by atoms with van der Waals surface area (Å²) >= 11 is 0. The third-order valence-electron chi connectivity index (χ3n) is 1.78. The first kappa shape index (κ1) is 17.8.